The molecule has 0 saturated heterocycles. The third kappa shape index (κ3) is 4.99. The zero-order valence-electron chi connectivity index (χ0n) is 12.7. The largest absolute Gasteiger partial charge is 0.444 e. The summed E-state index contributed by atoms with van der Waals surface area (Å²) in [7, 11) is 0. The smallest absolute Gasteiger partial charge is 0.407 e. The van der Waals surface area contributed by atoms with E-state index in [4.69, 9.17) is 4.74 Å². The summed E-state index contributed by atoms with van der Waals surface area (Å²) in [5.41, 5.74) is -0.493. The van der Waals surface area contributed by atoms with Crippen LogP contribution in [-0.2, 0) is 4.74 Å². The van der Waals surface area contributed by atoms with Crippen LogP contribution in [0.2, 0.25) is 0 Å². The maximum absolute atomic E-state index is 11.4. The van der Waals surface area contributed by atoms with Gasteiger partial charge in [0.15, 0.2) is 0 Å². The minimum atomic E-state index is -0.450. The quantitative estimate of drug-likeness (QED) is 0.666. The zero-order valence-corrected chi connectivity index (χ0v) is 12.7. The van der Waals surface area contributed by atoms with Gasteiger partial charge in [-0.2, -0.15) is 0 Å². The first-order chi connectivity index (χ1) is 8.63. The summed E-state index contributed by atoms with van der Waals surface area (Å²) in [5.74, 6) is 0. The van der Waals surface area contributed by atoms with Crippen molar-refractivity contribution in [3.63, 3.8) is 0 Å². The van der Waals surface area contributed by atoms with Gasteiger partial charge in [-0.05, 0) is 40.2 Å². The molecule has 0 spiro atoms. The zero-order chi connectivity index (χ0) is 14.7. The van der Waals surface area contributed by atoms with E-state index in [1.54, 1.807) is 0 Å². The minimum absolute atomic E-state index is 0.0431. The molecule has 1 rings (SSSR count). The van der Waals surface area contributed by atoms with Crippen molar-refractivity contribution in [2.24, 2.45) is 5.41 Å². The molecule has 1 saturated carbocycles. The van der Waals surface area contributed by atoms with Gasteiger partial charge in [0.25, 0.3) is 0 Å². The topological polar surface area (TPSA) is 70.6 Å². The average molecular weight is 272 g/mol. The van der Waals surface area contributed by atoms with E-state index in [-0.39, 0.29) is 17.6 Å². The number of carbonyl (C=O) groups excluding carboxylic acids is 1. The Bertz CT molecular complexity index is 310. The van der Waals surface area contributed by atoms with Gasteiger partial charge in [-0.1, -0.05) is 13.8 Å². The van der Waals surface area contributed by atoms with Crippen molar-refractivity contribution in [2.45, 2.75) is 65.2 Å². The summed E-state index contributed by atoms with van der Waals surface area (Å²) in [6, 6.07) is 0.365. The molecule has 5 heteroatoms. The Morgan fingerprint density at radius 1 is 1.37 bits per heavy atom. The summed E-state index contributed by atoms with van der Waals surface area (Å²) < 4.78 is 5.14. The van der Waals surface area contributed by atoms with Crippen LogP contribution in [-0.4, -0.2) is 42.0 Å². The number of amides is 1. The highest BCUT2D eigenvalue weighted by Gasteiger charge is 2.46. The summed E-state index contributed by atoms with van der Waals surface area (Å²) in [4.78, 5) is 11.4. The van der Waals surface area contributed by atoms with Crippen molar-refractivity contribution in [2.75, 3.05) is 13.1 Å². The summed E-state index contributed by atoms with van der Waals surface area (Å²) in [6.07, 6.45) is 1.09. The van der Waals surface area contributed by atoms with Gasteiger partial charge in [0.1, 0.15) is 5.60 Å². The number of hydrogen-bond donors (Lipinski definition) is 3. The molecule has 1 aliphatic carbocycles. The predicted octanol–water partition coefficient (Wildman–Crippen LogP) is 1.65. The SMILES string of the molecule is CC(C)(C)OC(=O)NCCCNC1CC(O)C1(C)C. The molecule has 0 aromatic rings. The van der Waals surface area contributed by atoms with E-state index >= 15 is 0 Å². The van der Waals surface area contributed by atoms with Crippen LogP contribution in [0, 0.1) is 5.41 Å². The van der Waals surface area contributed by atoms with Crippen LogP contribution in [0.25, 0.3) is 0 Å². The number of ether oxygens (including phenoxy) is 1. The van der Waals surface area contributed by atoms with Gasteiger partial charge in [0, 0.05) is 18.0 Å². The molecule has 0 heterocycles. The lowest BCUT2D eigenvalue weighted by atomic mass is 9.64. The number of hydrogen-bond acceptors (Lipinski definition) is 4. The van der Waals surface area contributed by atoms with E-state index in [1.807, 2.05) is 20.8 Å². The van der Waals surface area contributed by atoms with Crippen LogP contribution < -0.4 is 10.6 Å². The third-order valence-corrected chi connectivity index (χ3v) is 3.63. The van der Waals surface area contributed by atoms with E-state index in [1.165, 1.54) is 0 Å². The van der Waals surface area contributed by atoms with E-state index in [2.05, 4.69) is 24.5 Å². The Kier molecular flexibility index (Phi) is 5.21. The van der Waals surface area contributed by atoms with E-state index in [9.17, 15) is 9.90 Å². The van der Waals surface area contributed by atoms with Crippen molar-refractivity contribution in [1.82, 2.24) is 10.6 Å². The van der Waals surface area contributed by atoms with E-state index in [0.29, 0.717) is 12.6 Å². The molecular formula is C14H28N2O3. The summed E-state index contributed by atoms with van der Waals surface area (Å²) in [6.45, 7) is 11.1. The highest BCUT2D eigenvalue weighted by Crippen LogP contribution is 2.40. The van der Waals surface area contributed by atoms with Crippen molar-refractivity contribution < 1.29 is 14.6 Å². The summed E-state index contributed by atoms with van der Waals surface area (Å²) in [5, 5.41) is 15.8. The number of rotatable bonds is 5. The minimum Gasteiger partial charge on any atom is -0.444 e. The van der Waals surface area contributed by atoms with Crippen LogP contribution in [0.15, 0.2) is 0 Å². The van der Waals surface area contributed by atoms with E-state index in [0.717, 1.165) is 19.4 Å². The molecule has 0 aliphatic heterocycles. The third-order valence-electron chi connectivity index (χ3n) is 3.63. The number of nitrogens with one attached hydrogen (secondary N) is 2. The normalized spacial score (nSPS) is 25.6. The van der Waals surface area contributed by atoms with Gasteiger partial charge in [0.2, 0.25) is 0 Å². The molecule has 112 valence electrons. The molecule has 0 aromatic carbocycles. The van der Waals surface area contributed by atoms with Gasteiger partial charge in [-0.15, -0.1) is 0 Å². The second kappa shape index (κ2) is 6.09. The fourth-order valence-electron chi connectivity index (χ4n) is 2.12. The lowest BCUT2D eigenvalue weighted by Gasteiger charge is -2.49. The second-order valence-corrected chi connectivity index (χ2v) is 6.86. The molecule has 1 aliphatic rings. The Hall–Kier alpha value is -0.810. The maximum atomic E-state index is 11.4. The first-order valence-corrected chi connectivity index (χ1v) is 7.01. The Morgan fingerprint density at radius 2 is 2.00 bits per heavy atom. The molecule has 0 radical (unpaired) electrons. The van der Waals surface area contributed by atoms with Crippen molar-refractivity contribution in [1.29, 1.82) is 0 Å². The molecule has 0 aromatic heterocycles. The van der Waals surface area contributed by atoms with Crippen molar-refractivity contribution in [3.8, 4) is 0 Å². The Balaban J connectivity index is 2.05. The molecule has 19 heavy (non-hydrogen) atoms. The van der Waals surface area contributed by atoms with Crippen LogP contribution in [0.3, 0.4) is 0 Å². The molecule has 2 atom stereocenters. The fraction of sp³-hybridized carbons (Fsp3) is 0.929. The van der Waals surface area contributed by atoms with Gasteiger partial charge in [-0.25, -0.2) is 4.79 Å². The Labute approximate surface area is 116 Å². The molecule has 0 bridgehead atoms. The molecule has 1 amide bonds. The van der Waals surface area contributed by atoms with Gasteiger partial charge >= 0.3 is 6.09 Å². The van der Waals surface area contributed by atoms with Crippen LogP contribution >= 0.6 is 0 Å². The number of alkyl carbamates (subject to hydrolysis) is 1. The molecule has 1 fully saturated rings. The second-order valence-electron chi connectivity index (χ2n) is 6.86. The standard InChI is InChI=1S/C14H28N2O3/c1-13(2,3)19-12(18)16-8-6-7-15-10-9-11(17)14(10,4)5/h10-11,15,17H,6-9H2,1-5H3,(H,16,18). The van der Waals surface area contributed by atoms with E-state index < -0.39 is 5.60 Å². The molecular weight excluding hydrogens is 244 g/mol. The molecule has 3 N–H and O–H groups in total. The van der Waals surface area contributed by atoms with Gasteiger partial charge in [0.05, 0.1) is 6.10 Å². The average Bonchev–Trinajstić information content (AvgIpc) is 2.24. The first-order valence-electron chi connectivity index (χ1n) is 7.01. The highest BCUT2D eigenvalue weighted by atomic mass is 16.6. The number of aliphatic hydroxyl groups is 1. The highest BCUT2D eigenvalue weighted by molar-refractivity contribution is 5.67. The number of carbonyl (C=O) groups is 1. The van der Waals surface area contributed by atoms with Crippen molar-refractivity contribution in [3.05, 3.63) is 0 Å². The van der Waals surface area contributed by atoms with Gasteiger partial charge in [-0.3, -0.25) is 0 Å². The van der Waals surface area contributed by atoms with Crippen LogP contribution in [0.4, 0.5) is 4.79 Å². The predicted molar refractivity (Wildman–Crippen MR) is 75.0 cm³/mol. The number of aliphatic hydroxyl groups excluding tert-OH is 1. The monoisotopic (exact) mass is 272 g/mol. The lowest BCUT2D eigenvalue weighted by Crippen LogP contribution is -2.60. The van der Waals surface area contributed by atoms with Crippen molar-refractivity contribution >= 4 is 6.09 Å². The lowest BCUT2D eigenvalue weighted by molar-refractivity contribution is -0.0722. The first kappa shape index (κ1) is 16.2. The Morgan fingerprint density at radius 3 is 2.47 bits per heavy atom. The van der Waals surface area contributed by atoms with Crippen LogP contribution in [0.5, 0.6) is 0 Å². The maximum Gasteiger partial charge on any atom is 0.407 e. The fourth-order valence-corrected chi connectivity index (χ4v) is 2.12. The van der Waals surface area contributed by atoms with Crippen LogP contribution in [0.1, 0.15) is 47.5 Å². The molecule has 2 unspecified atom stereocenters. The molecule has 5 nitrogen and oxygen atoms in total. The van der Waals surface area contributed by atoms with Gasteiger partial charge < -0.3 is 20.5 Å². The summed E-state index contributed by atoms with van der Waals surface area (Å²) >= 11 is 0.